The Morgan fingerprint density at radius 3 is 2.72 bits per heavy atom. The fraction of sp³-hybridized carbons (Fsp3) is 0.353. The lowest BCUT2D eigenvalue weighted by molar-refractivity contribution is 0.578. The Labute approximate surface area is 166 Å². The van der Waals surface area contributed by atoms with Crippen molar-refractivity contribution in [2.45, 2.75) is 31.2 Å². The number of sulfonamides is 1. The van der Waals surface area contributed by atoms with E-state index in [0.29, 0.717) is 5.82 Å². The molecule has 3 aromatic rings. The summed E-state index contributed by atoms with van der Waals surface area (Å²) in [6.45, 7) is 3.61. The van der Waals surface area contributed by atoms with Crippen LogP contribution in [0.5, 0.6) is 0 Å². The number of hydrogen-bond acceptors (Lipinski definition) is 8. The minimum absolute atomic E-state index is 0.0307. The number of anilines is 1. The second-order valence-corrected chi connectivity index (χ2v) is 8.45. The van der Waals surface area contributed by atoms with Gasteiger partial charge in [0.15, 0.2) is 0 Å². The van der Waals surface area contributed by atoms with E-state index in [-0.39, 0.29) is 22.8 Å². The Balaban J connectivity index is 1.55. The number of aryl methyl sites for hydroxylation is 1. The van der Waals surface area contributed by atoms with Gasteiger partial charge in [-0.25, -0.2) is 27.5 Å². The normalized spacial score (nSPS) is 14.5. The number of halogens is 1. The molecule has 1 aliphatic rings. The second kappa shape index (κ2) is 7.79. The molecule has 0 bridgehead atoms. The number of H-pyrrole nitrogens is 1. The van der Waals surface area contributed by atoms with E-state index < -0.39 is 15.8 Å². The molecule has 2 aromatic heterocycles. The summed E-state index contributed by atoms with van der Waals surface area (Å²) in [6, 6.07) is 5.28. The highest BCUT2D eigenvalue weighted by Gasteiger charge is 2.20. The zero-order valence-electron chi connectivity index (χ0n) is 15.6. The maximum atomic E-state index is 14.0. The molecular formula is C17H19FN8O2S. The molecule has 3 heterocycles. The van der Waals surface area contributed by atoms with E-state index in [1.54, 1.807) is 0 Å². The van der Waals surface area contributed by atoms with Crippen molar-refractivity contribution in [2.24, 2.45) is 0 Å². The number of hydrogen-bond donors (Lipinski definition) is 2. The molecule has 2 N–H and O–H groups in total. The third-order valence-corrected chi connectivity index (χ3v) is 5.97. The van der Waals surface area contributed by atoms with Crippen LogP contribution in [0.25, 0.3) is 11.4 Å². The van der Waals surface area contributed by atoms with E-state index in [1.807, 2.05) is 13.0 Å². The van der Waals surface area contributed by atoms with Crippen LogP contribution in [0.2, 0.25) is 0 Å². The molecule has 1 saturated heterocycles. The lowest BCUT2D eigenvalue weighted by atomic mass is 10.2. The number of rotatable bonds is 6. The van der Waals surface area contributed by atoms with Crippen LogP contribution < -0.4 is 9.62 Å². The van der Waals surface area contributed by atoms with Gasteiger partial charge in [-0.1, -0.05) is 0 Å². The van der Waals surface area contributed by atoms with Gasteiger partial charge in [-0.3, -0.25) is 0 Å². The standard InChI is InChI=1S/C17H19FN8O2S/c1-11-8-16(26-6-2-3-7-26)21-15(20-11)10-19-29(27,28)12-4-5-14(18)13(9-12)17-22-24-25-23-17/h4-5,8-9,19H,2-3,6-7,10H2,1H3,(H,22,23,24,25). The minimum atomic E-state index is -3.93. The number of aromatic nitrogens is 6. The van der Waals surface area contributed by atoms with Crippen molar-refractivity contribution in [3.63, 3.8) is 0 Å². The maximum absolute atomic E-state index is 14.0. The molecule has 0 spiro atoms. The van der Waals surface area contributed by atoms with Crippen LogP contribution in [0.3, 0.4) is 0 Å². The van der Waals surface area contributed by atoms with Crippen LogP contribution in [-0.4, -0.2) is 52.1 Å². The topological polar surface area (TPSA) is 130 Å². The first-order valence-electron chi connectivity index (χ1n) is 9.05. The molecule has 12 heteroatoms. The molecule has 152 valence electrons. The van der Waals surface area contributed by atoms with Gasteiger partial charge < -0.3 is 4.90 Å². The van der Waals surface area contributed by atoms with Gasteiger partial charge in [-0.15, -0.1) is 10.2 Å². The molecular weight excluding hydrogens is 399 g/mol. The molecule has 0 amide bonds. The lowest BCUT2D eigenvalue weighted by Crippen LogP contribution is -2.26. The molecule has 0 unspecified atom stereocenters. The van der Waals surface area contributed by atoms with Gasteiger partial charge in [0.2, 0.25) is 15.8 Å². The molecule has 0 saturated carbocycles. The van der Waals surface area contributed by atoms with Crippen molar-refractivity contribution in [1.82, 2.24) is 35.3 Å². The Kier molecular flexibility index (Phi) is 5.20. The van der Waals surface area contributed by atoms with Crippen molar-refractivity contribution in [3.8, 4) is 11.4 Å². The van der Waals surface area contributed by atoms with Crippen molar-refractivity contribution in [2.75, 3.05) is 18.0 Å². The van der Waals surface area contributed by atoms with Gasteiger partial charge in [-0.05, 0) is 43.2 Å². The van der Waals surface area contributed by atoms with E-state index >= 15 is 0 Å². The van der Waals surface area contributed by atoms with Crippen molar-refractivity contribution in [3.05, 3.63) is 41.6 Å². The van der Waals surface area contributed by atoms with Crippen molar-refractivity contribution < 1.29 is 12.8 Å². The summed E-state index contributed by atoms with van der Waals surface area (Å²) in [5, 5.41) is 13.0. The molecule has 1 aliphatic heterocycles. The Morgan fingerprint density at radius 2 is 2.00 bits per heavy atom. The number of nitrogens with zero attached hydrogens (tertiary/aromatic N) is 6. The van der Waals surface area contributed by atoms with Gasteiger partial charge in [0.1, 0.15) is 17.5 Å². The van der Waals surface area contributed by atoms with E-state index in [9.17, 15) is 12.8 Å². The second-order valence-electron chi connectivity index (χ2n) is 6.68. The average molecular weight is 418 g/mol. The van der Waals surface area contributed by atoms with Crippen LogP contribution >= 0.6 is 0 Å². The molecule has 1 fully saturated rings. The molecule has 0 atom stereocenters. The van der Waals surface area contributed by atoms with Crippen LogP contribution in [-0.2, 0) is 16.6 Å². The van der Waals surface area contributed by atoms with Crippen molar-refractivity contribution >= 4 is 15.8 Å². The summed E-state index contributed by atoms with van der Waals surface area (Å²) in [7, 11) is -3.93. The summed E-state index contributed by atoms with van der Waals surface area (Å²) in [5.74, 6) is 0.487. The lowest BCUT2D eigenvalue weighted by Gasteiger charge is -2.17. The van der Waals surface area contributed by atoms with Gasteiger partial charge in [0.05, 0.1) is 17.0 Å². The Morgan fingerprint density at radius 1 is 1.21 bits per heavy atom. The maximum Gasteiger partial charge on any atom is 0.241 e. The molecule has 1 aromatic carbocycles. The first kappa shape index (κ1) is 19.3. The summed E-state index contributed by atoms with van der Waals surface area (Å²) >= 11 is 0. The van der Waals surface area contributed by atoms with Crippen molar-refractivity contribution in [1.29, 1.82) is 0 Å². The third-order valence-electron chi connectivity index (χ3n) is 4.57. The van der Waals surface area contributed by atoms with E-state index in [1.165, 1.54) is 6.07 Å². The van der Waals surface area contributed by atoms with Crippen LogP contribution in [0.15, 0.2) is 29.2 Å². The monoisotopic (exact) mass is 418 g/mol. The summed E-state index contributed by atoms with van der Waals surface area (Å²) < 4.78 is 41.9. The summed E-state index contributed by atoms with van der Waals surface area (Å²) in [4.78, 5) is 10.8. The number of nitrogens with one attached hydrogen (secondary N) is 2. The highest BCUT2D eigenvalue weighted by molar-refractivity contribution is 7.89. The van der Waals surface area contributed by atoms with Crippen LogP contribution in [0.1, 0.15) is 24.4 Å². The number of tetrazole rings is 1. The Hall–Kier alpha value is -2.99. The molecule has 0 radical (unpaired) electrons. The predicted octanol–water partition coefficient (Wildman–Crippen LogP) is 1.18. The smallest absolute Gasteiger partial charge is 0.241 e. The molecule has 4 rings (SSSR count). The zero-order chi connectivity index (χ0) is 20.4. The highest BCUT2D eigenvalue weighted by Crippen LogP contribution is 2.23. The van der Waals surface area contributed by atoms with E-state index in [0.717, 1.165) is 49.6 Å². The van der Waals surface area contributed by atoms with Gasteiger partial charge in [0, 0.05) is 24.8 Å². The highest BCUT2D eigenvalue weighted by atomic mass is 32.2. The van der Waals surface area contributed by atoms with Gasteiger partial charge in [0.25, 0.3) is 0 Å². The largest absolute Gasteiger partial charge is 0.357 e. The molecule has 29 heavy (non-hydrogen) atoms. The van der Waals surface area contributed by atoms with E-state index in [2.05, 4.69) is 40.2 Å². The van der Waals surface area contributed by atoms with Crippen LogP contribution in [0.4, 0.5) is 10.2 Å². The fourth-order valence-corrected chi connectivity index (χ4v) is 4.17. The third kappa shape index (κ3) is 4.22. The van der Waals surface area contributed by atoms with E-state index in [4.69, 9.17) is 0 Å². The Bertz CT molecular complexity index is 1110. The number of aromatic amines is 1. The predicted molar refractivity (Wildman–Crippen MR) is 102 cm³/mol. The molecule has 10 nitrogen and oxygen atoms in total. The first-order valence-corrected chi connectivity index (χ1v) is 10.5. The average Bonchev–Trinajstić information content (AvgIpc) is 3.40. The van der Waals surface area contributed by atoms with Gasteiger partial charge >= 0.3 is 0 Å². The summed E-state index contributed by atoms with van der Waals surface area (Å²) in [5.41, 5.74) is 0.696. The molecule has 0 aliphatic carbocycles. The van der Waals surface area contributed by atoms with Crippen LogP contribution in [0, 0.1) is 12.7 Å². The summed E-state index contributed by atoms with van der Waals surface area (Å²) in [6.07, 6.45) is 2.22. The number of benzene rings is 1. The minimum Gasteiger partial charge on any atom is -0.357 e. The van der Waals surface area contributed by atoms with Gasteiger partial charge in [-0.2, -0.15) is 5.21 Å². The fourth-order valence-electron chi connectivity index (χ4n) is 3.16. The first-order chi connectivity index (χ1) is 13.9. The SMILES string of the molecule is Cc1cc(N2CCCC2)nc(CNS(=O)(=O)c2ccc(F)c(-c3nn[nH]n3)c2)n1. The quantitative estimate of drug-likeness (QED) is 0.610. The zero-order valence-corrected chi connectivity index (χ0v) is 16.4.